The Labute approximate surface area is 86.0 Å². The van der Waals surface area contributed by atoms with Gasteiger partial charge in [-0.05, 0) is 0 Å². The molecular formula is C7H4BrClF3N. The van der Waals surface area contributed by atoms with Crippen LogP contribution in [0.3, 0.4) is 0 Å². The Morgan fingerprint density at radius 1 is 1.54 bits per heavy atom. The second-order valence-electron chi connectivity index (χ2n) is 2.24. The van der Waals surface area contributed by atoms with Crippen molar-refractivity contribution >= 4 is 27.5 Å². The first-order valence-corrected chi connectivity index (χ1v) is 4.75. The van der Waals surface area contributed by atoms with Crippen molar-refractivity contribution in [1.29, 1.82) is 0 Å². The Hall–Kier alpha value is -0.290. The predicted molar refractivity (Wildman–Crippen MR) is 46.8 cm³/mol. The van der Waals surface area contributed by atoms with E-state index in [0.717, 1.165) is 0 Å². The molecule has 0 aromatic carbocycles. The molecule has 1 rings (SSSR count). The highest BCUT2D eigenvalue weighted by atomic mass is 79.9. The van der Waals surface area contributed by atoms with E-state index in [-0.39, 0.29) is 16.0 Å². The molecule has 72 valence electrons. The maximum Gasteiger partial charge on any atom is 0.264 e. The van der Waals surface area contributed by atoms with E-state index in [1.54, 1.807) is 0 Å². The van der Waals surface area contributed by atoms with Gasteiger partial charge in [-0.3, -0.25) is 0 Å². The first-order chi connectivity index (χ1) is 6.06. The van der Waals surface area contributed by atoms with Gasteiger partial charge in [-0.25, -0.2) is 13.8 Å². The Kier molecular flexibility index (Phi) is 3.55. The molecule has 0 saturated carbocycles. The minimum absolute atomic E-state index is 0.123. The van der Waals surface area contributed by atoms with Gasteiger partial charge in [0.1, 0.15) is 5.15 Å². The number of alkyl halides is 3. The van der Waals surface area contributed by atoms with Gasteiger partial charge in [-0.1, -0.05) is 27.5 Å². The molecule has 0 aliphatic carbocycles. The Bertz CT molecular complexity index is 319. The van der Waals surface area contributed by atoms with Crippen LogP contribution in [0.25, 0.3) is 0 Å². The molecular weight excluding hydrogens is 270 g/mol. The molecule has 13 heavy (non-hydrogen) atoms. The highest BCUT2D eigenvalue weighted by molar-refractivity contribution is 9.08. The van der Waals surface area contributed by atoms with E-state index in [1.807, 2.05) is 0 Å². The van der Waals surface area contributed by atoms with Crippen LogP contribution in [0.5, 0.6) is 0 Å². The molecule has 0 amide bonds. The zero-order valence-electron chi connectivity index (χ0n) is 6.20. The third-order valence-corrected chi connectivity index (χ3v) is 2.32. The molecule has 0 unspecified atom stereocenters. The van der Waals surface area contributed by atoms with Crippen molar-refractivity contribution in [3.05, 3.63) is 28.3 Å². The van der Waals surface area contributed by atoms with Crippen molar-refractivity contribution in [3.8, 4) is 0 Å². The molecule has 0 N–H and O–H groups in total. The van der Waals surface area contributed by atoms with Crippen molar-refractivity contribution in [2.45, 2.75) is 11.8 Å². The van der Waals surface area contributed by atoms with Crippen LogP contribution in [-0.4, -0.2) is 4.98 Å². The summed E-state index contributed by atoms with van der Waals surface area (Å²) in [4.78, 5) is 3.22. The third kappa shape index (κ3) is 2.34. The van der Waals surface area contributed by atoms with Crippen molar-refractivity contribution < 1.29 is 13.2 Å². The van der Waals surface area contributed by atoms with E-state index < -0.39 is 17.9 Å². The summed E-state index contributed by atoms with van der Waals surface area (Å²) >= 11 is 8.44. The smallest absolute Gasteiger partial charge is 0.207 e. The van der Waals surface area contributed by atoms with Gasteiger partial charge in [0, 0.05) is 22.5 Å². The van der Waals surface area contributed by atoms with Crippen molar-refractivity contribution in [1.82, 2.24) is 4.98 Å². The van der Waals surface area contributed by atoms with Crippen LogP contribution < -0.4 is 0 Å². The first kappa shape index (κ1) is 10.8. The van der Waals surface area contributed by atoms with Gasteiger partial charge < -0.3 is 0 Å². The maximum atomic E-state index is 12.6. The van der Waals surface area contributed by atoms with Crippen LogP contribution in [0.15, 0.2) is 6.07 Å². The first-order valence-electron chi connectivity index (χ1n) is 3.25. The van der Waals surface area contributed by atoms with E-state index >= 15 is 0 Å². The summed E-state index contributed by atoms with van der Waals surface area (Å²) in [6, 6.07) is 0.688. The highest BCUT2D eigenvalue weighted by Gasteiger charge is 2.17. The van der Waals surface area contributed by atoms with Crippen LogP contribution in [0.2, 0.25) is 5.15 Å². The summed E-state index contributed by atoms with van der Waals surface area (Å²) in [5.41, 5.74) is -0.299. The second-order valence-corrected chi connectivity index (χ2v) is 3.16. The lowest BCUT2D eigenvalue weighted by Gasteiger charge is -2.07. The number of rotatable bonds is 2. The minimum atomic E-state index is -2.75. The number of halogens is 5. The lowest BCUT2D eigenvalue weighted by molar-refractivity contribution is 0.150. The van der Waals surface area contributed by atoms with Gasteiger partial charge in [0.25, 0.3) is 6.43 Å². The number of hydrogen-bond acceptors (Lipinski definition) is 1. The fraction of sp³-hybridized carbons (Fsp3) is 0.286. The largest absolute Gasteiger partial charge is 0.264 e. The van der Waals surface area contributed by atoms with Gasteiger partial charge in [-0.15, -0.1) is 0 Å². The Balaban J connectivity index is 3.29. The number of pyridine rings is 1. The van der Waals surface area contributed by atoms with Crippen molar-refractivity contribution in [2.24, 2.45) is 0 Å². The van der Waals surface area contributed by atoms with Crippen LogP contribution in [0.1, 0.15) is 17.6 Å². The van der Waals surface area contributed by atoms with Gasteiger partial charge in [0.2, 0.25) is 5.95 Å². The molecule has 1 nitrogen and oxygen atoms in total. The molecule has 1 heterocycles. The molecule has 0 fully saturated rings. The van der Waals surface area contributed by atoms with Gasteiger partial charge in [0.15, 0.2) is 0 Å². The van der Waals surface area contributed by atoms with Crippen molar-refractivity contribution in [3.63, 3.8) is 0 Å². The van der Waals surface area contributed by atoms with E-state index in [9.17, 15) is 13.2 Å². The van der Waals surface area contributed by atoms with E-state index in [0.29, 0.717) is 6.07 Å². The molecule has 0 radical (unpaired) electrons. The average Bonchev–Trinajstić information content (AvgIpc) is 2.02. The summed E-state index contributed by atoms with van der Waals surface area (Å²) in [7, 11) is 0. The van der Waals surface area contributed by atoms with E-state index in [4.69, 9.17) is 11.6 Å². The SMILES string of the molecule is Fc1cc(C(F)F)c(CBr)c(Cl)n1. The predicted octanol–water partition coefficient (Wildman–Crippen LogP) is 3.71. The lowest BCUT2D eigenvalue weighted by Crippen LogP contribution is -1.98. The van der Waals surface area contributed by atoms with Crippen LogP contribution >= 0.6 is 27.5 Å². The summed E-state index contributed by atoms with van der Waals surface area (Å²) in [6.45, 7) is 0. The number of nitrogens with zero attached hydrogens (tertiary/aromatic N) is 1. The molecule has 1 aromatic heterocycles. The molecule has 0 aliphatic rings. The van der Waals surface area contributed by atoms with Crippen LogP contribution in [0, 0.1) is 5.95 Å². The summed E-state index contributed by atoms with van der Waals surface area (Å²) in [5.74, 6) is -0.995. The number of aromatic nitrogens is 1. The third-order valence-electron chi connectivity index (χ3n) is 1.45. The molecule has 0 bridgehead atoms. The average molecular weight is 274 g/mol. The molecule has 0 atom stereocenters. The van der Waals surface area contributed by atoms with Gasteiger partial charge in [0.05, 0.1) is 0 Å². The van der Waals surface area contributed by atoms with Gasteiger partial charge in [-0.2, -0.15) is 4.39 Å². The minimum Gasteiger partial charge on any atom is -0.207 e. The fourth-order valence-corrected chi connectivity index (χ4v) is 1.86. The molecule has 6 heteroatoms. The molecule has 1 aromatic rings. The zero-order valence-corrected chi connectivity index (χ0v) is 8.54. The monoisotopic (exact) mass is 273 g/mol. The summed E-state index contributed by atoms with van der Waals surface area (Å²) in [5, 5.41) is -0.106. The van der Waals surface area contributed by atoms with Crippen molar-refractivity contribution in [2.75, 3.05) is 0 Å². The van der Waals surface area contributed by atoms with Crippen LogP contribution in [-0.2, 0) is 5.33 Å². The molecule has 0 saturated heterocycles. The normalized spacial score (nSPS) is 10.9. The number of hydrogen-bond donors (Lipinski definition) is 0. The second kappa shape index (κ2) is 4.28. The standard InChI is InChI=1S/C7H4BrClF3N/c8-2-4-3(7(11)12)1-5(10)13-6(4)9/h1,7H,2H2. The lowest BCUT2D eigenvalue weighted by atomic mass is 10.2. The van der Waals surface area contributed by atoms with E-state index in [2.05, 4.69) is 20.9 Å². The Morgan fingerprint density at radius 3 is 2.62 bits per heavy atom. The molecule has 0 spiro atoms. The summed E-state index contributed by atoms with van der Waals surface area (Å²) in [6.07, 6.45) is -2.75. The topological polar surface area (TPSA) is 12.9 Å². The quantitative estimate of drug-likeness (QED) is 0.592. The molecule has 0 aliphatic heterocycles. The fourth-order valence-electron chi connectivity index (χ4n) is 0.855. The maximum absolute atomic E-state index is 12.6. The highest BCUT2D eigenvalue weighted by Crippen LogP contribution is 2.29. The Morgan fingerprint density at radius 2 is 2.15 bits per heavy atom. The van der Waals surface area contributed by atoms with Gasteiger partial charge >= 0.3 is 0 Å². The van der Waals surface area contributed by atoms with Crippen LogP contribution in [0.4, 0.5) is 13.2 Å². The zero-order chi connectivity index (χ0) is 10.0. The van der Waals surface area contributed by atoms with E-state index in [1.165, 1.54) is 0 Å². The summed E-state index contributed by atoms with van der Waals surface area (Å²) < 4.78 is 37.2.